The molecular weight excluding hydrogens is 368 g/mol. The van der Waals surface area contributed by atoms with E-state index in [4.69, 9.17) is 0 Å². The molecule has 0 radical (unpaired) electrons. The zero-order chi connectivity index (χ0) is 19.6. The van der Waals surface area contributed by atoms with Gasteiger partial charge in [0.2, 0.25) is 11.8 Å². The quantitative estimate of drug-likeness (QED) is 0.788. The van der Waals surface area contributed by atoms with E-state index in [-0.39, 0.29) is 30.2 Å². The normalized spacial score (nSPS) is 14.0. The van der Waals surface area contributed by atoms with E-state index < -0.39 is 21.7 Å². The summed E-state index contributed by atoms with van der Waals surface area (Å²) in [7, 11) is -3.38. The van der Waals surface area contributed by atoms with Gasteiger partial charge in [-0.25, -0.2) is 8.42 Å². The van der Waals surface area contributed by atoms with Crippen molar-refractivity contribution < 1.29 is 22.8 Å². The van der Waals surface area contributed by atoms with Gasteiger partial charge in [-0.3, -0.25) is 19.3 Å². The fourth-order valence-electron chi connectivity index (χ4n) is 2.87. The summed E-state index contributed by atoms with van der Waals surface area (Å²) in [6.45, 7) is -0.0381. The van der Waals surface area contributed by atoms with Crippen LogP contribution in [-0.2, 0) is 25.8 Å². The molecule has 8 heteroatoms. The van der Waals surface area contributed by atoms with Crippen molar-refractivity contribution in [3.63, 3.8) is 0 Å². The van der Waals surface area contributed by atoms with Gasteiger partial charge in [0.1, 0.15) is 0 Å². The zero-order valence-electron chi connectivity index (χ0n) is 14.6. The summed E-state index contributed by atoms with van der Waals surface area (Å²) in [5.41, 5.74) is 1.49. The Hall–Kier alpha value is -3.00. The van der Waals surface area contributed by atoms with E-state index in [1.54, 1.807) is 30.3 Å². The summed E-state index contributed by atoms with van der Waals surface area (Å²) in [6, 6.07) is 12.8. The highest BCUT2D eigenvalue weighted by molar-refractivity contribution is 7.90. The lowest BCUT2D eigenvalue weighted by atomic mass is 9.98. The minimum Gasteiger partial charge on any atom is -0.326 e. The van der Waals surface area contributed by atoms with Gasteiger partial charge in [-0.15, -0.1) is 0 Å². The molecule has 0 unspecified atom stereocenters. The molecule has 1 N–H and O–H groups in total. The van der Waals surface area contributed by atoms with Crippen LogP contribution in [0.25, 0.3) is 0 Å². The Kier molecular flexibility index (Phi) is 5.09. The highest BCUT2D eigenvalue weighted by Crippen LogP contribution is 2.20. The second-order valence-corrected chi connectivity index (χ2v) is 8.30. The number of nitrogens with one attached hydrogen (secondary N) is 1. The highest BCUT2D eigenvalue weighted by Gasteiger charge is 2.30. The monoisotopic (exact) mass is 386 g/mol. The van der Waals surface area contributed by atoms with Gasteiger partial charge in [0.05, 0.1) is 11.3 Å². The summed E-state index contributed by atoms with van der Waals surface area (Å²) < 4.78 is 23.2. The molecule has 3 amide bonds. The molecule has 3 rings (SSSR count). The second-order valence-electron chi connectivity index (χ2n) is 6.28. The van der Waals surface area contributed by atoms with Crippen molar-refractivity contribution in [3.05, 3.63) is 59.7 Å². The van der Waals surface area contributed by atoms with Crippen LogP contribution in [-0.4, -0.2) is 43.8 Å². The van der Waals surface area contributed by atoms with E-state index in [0.29, 0.717) is 16.8 Å². The molecule has 0 aromatic heterocycles. The van der Waals surface area contributed by atoms with Gasteiger partial charge in [0.15, 0.2) is 9.84 Å². The molecule has 1 aliphatic rings. The first-order valence-electron chi connectivity index (χ1n) is 8.28. The Balaban J connectivity index is 1.65. The Labute approximate surface area is 156 Å². The first-order chi connectivity index (χ1) is 12.8. The first-order valence-corrected chi connectivity index (χ1v) is 10.2. The molecule has 140 valence electrons. The topological polar surface area (TPSA) is 101 Å². The number of hydrogen-bond acceptors (Lipinski definition) is 5. The number of imide groups is 1. The number of amides is 3. The maximum absolute atomic E-state index is 12.5. The lowest BCUT2D eigenvalue weighted by Gasteiger charge is -2.26. The number of carbonyl (C=O) groups excluding carboxylic acids is 3. The standard InChI is InChI=1S/C19H18N2O5S/c1-27(25,26)15-7-4-6-14(12-15)20-17(22)9-10-21-18(23)11-13-5-2-3-8-16(13)19(21)24/h2-8,12H,9-11H2,1H3,(H,20,22). The van der Waals surface area contributed by atoms with Crippen molar-refractivity contribution in [2.45, 2.75) is 17.7 Å². The fourth-order valence-corrected chi connectivity index (χ4v) is 3.53. The Morgan fingerprint density at radius 2 is 1.85 bits per heavy atom. The SMILES string of the molecule is CS(=O)(=O)c1cccc(NC(=O)CCN2C(=O)Cc3ccccc3C2=O)c1. The third-order valence-electron chi connectivity index (χ3n) is 4.24. The van der Waals surface area contributed by atoms with Gasteiger partial charge in [0.25, 0.3) is 5.91 Å². The number of carbonyl (C=O) groups is 3. The van der Waals surface area contributed by atoms with E-state index in [0.717, 1.165) is 11.2 Å². The number of anilines is 1. The predicted octanol–water partition coefficient (Wildman–Crippen LogP) is 1.64. The molecule has 0 bridgehead atoms. The Morgan fingerprint density at radius 3 is 2.59 bits per heavy atom. The van der Waals surface area contributed by atoms with Crippen LogP contribution >= 0.6 is 0 Å². The molecule has 2 aromatic rings. The maximum atomic E-state index is 12.5. The molecule has 0 atom stereocenters. The molecule has 0 aliphatic carbocycles. The summed E-state index contributed by atoms with van der Waals surface area (Å²) in [6.07, 6.45) is 1.13. The average Bonchev–Trinajstić information content (AvgIpc) is 2.61. The van der Waals surface area contributed by atoms with Gasteiger partial charge < -0.3 is 5.32 Å². The summed E-state index contributed by atoms with van der Waals surface area (Å²) in [5, 5.41) is 2.59. The molecule has 0 spiro atoms. The van der Waals surface area contributed by atoms with Gasteiger partial charge in [-0.05, 0) is 29.8 Å². The number of benzene rings is 2. The maximum Gasteiger partial charge on any atom is 0.260 e. The molecule has 0 fully saturated rings. The number of hydrogen-bond donors (Lipinski definition) is 1. The number of sulfone groups is 1. The van der Waals surface area contributed by atoms with Crippen molar-refractivity contribution in [1.29, 1.82) is 0 Å². The highest BCUT2D eigenvalue weighted by atomic mass is 32.2. The van der Waals surface area contributed by atoms with Gasteiger partial charge in [-0.2, -0.15) is 0 Å². The molecule has 1 aliphatic heterocycles. The van der Waals surface area contributed by atoms with Crippen molar-refractivity contribution in [2.24, 2.45) is 0 Å². The van der Waals surface area contributed by atoms with E-state index >= 15 is 0 Å². The van der Waals surface area contributed by atoms with Crippen molar-refractivity contribution >= 4 is 33.2 Å². The number of rotatable bonds is 5. The number of nitrogens with zero attached hydrogens (tertiary/aromatic N) is 1. The van der Waals surface area contributed by atoms with Crippen molar-refractivity contribution in [1.82, 2.24) is 4.90 Å². The molecule has 7 nitrogen and oxygen atoms in total. The van der Waals surface area contributed by atoms with E-state index in [1.165, 1.54) is 18.2 Å². The minimum atomic E-state index is -3.38. The molecular formula is C19H18N2O5S. The zero-order valence-corrected chi connectivity index (χ0v) is 15.5. The molecule has 2 aromatic carbocycles. The number of fused-ring (bicyclic) bond motifs is 1. The minimum absolute atomic E-state index is 0.0381. The van der Waals surface area contributed by atoms with Gasteiger partial charge in [-0.1, -0.05) is 24.3 Å². The van der Waals surface area contributed by atoms with Crippen LogP contribution in [0.4, 0.5) is 5.69 Å². The third-order valence-corrected chi connectivity index (χ3v) is 5.35. The largest absolute Gasteiger partial charge is 0.326 e. The van der Waals surface area contributed by atoms with Crippen LogP contribution < -0.4 is 5.32 Å². The van der Waals surface area contributed by atoms with Crippen LogP contribution in [0.1, 0.15) is 22.3 Å². The van der Waals surface area contributed by atoms with E-state index in [2.05, 4.69) is 5.32 Å². The first kappa shape index (κ1) is 18.8. The lowest BCUT2D eigenvalue weighted by molar-refractivity contribution is -0.128. The lowest BCUT2D eigenvalue weighted by Crippen LogP contribution is -2.43. The van der Waals surface area contributed by atoms with Crippen LogP contribution in [0.15, 0.2) is 53.4 Å². The van der Waals surface area contributed by atoms with E-state index in [1.807, 2.05) is 0 Å². The Bertz CT molecular complexity index is 1030. The summed E-state index contributed by atoms with van der Waals surface area (Å²) >= 11 is 0. The van der Waals surface area contributed by atoms with Crippen LogP contribution in [0, 0.1) is 0 Å². The van der Waals surface area contributed by atoms with Crippen LogP contribution in [0.2, 0.25) is 0 Å². The van der Waals surface area contributed by atoms with Crippen LogP contribution in [0.5, 0.6) is 0 Å². The fraction of sp³-hybridized carbons (Fsp3) is 0.211. The van der Waals surface area contributed by atoms with Crippen LogP contribution in [0.3, 0.4) is 0 Å². The summed E-state index contributed by atoms with van der Waals surface area (Å²) in [4.78, 5) is 38.0. The third kappa shape index (κ3) is 4.22. The van der Waals surface area contributed by atoms with Crippen molar-refractivity contribution in [3.8, 4) is 0 Å². The smallest absolute Gasteiger partial charge is 0.260 e. The van der Waals surface area contributed by atoms with Gasteiger partial charge in [0, 0.05) is 30.5 Å². The second kappa shape index (κ2) is 7.32. The average molecular weight is 386 g/mol. The molecule has 27 heavy (non-hydrogen) atoms. The summed E-state index contributed by atoms with van der Waals surface area (Å²) in [5.74, 6) is -1.17. The van der Waals surface area contributed by atoms with Gasteiger partial charge >= 0.3 is 0 Å². The predicted molar refractivity (Wildman–Crippen MR) is 99.0 cm³/mol. The molecule has 0 saturated carbocycles. The molecule has 0 saturated heterocycles. The van der Waals surface area contributed by atoms with E-state index in [9.17, 15) is 22.8 Å². The molecule has 1 heterocycles. The Morgan fingerprint density at radius 1 is 1.11 bits per heavy atom. The van der Waals surface area contributed by atoms with Crippen molar-refractivity contribution in [2.75, 3.05) is 18.1 Å².